The van der Waals surface area contributed by atoms with E-state index in [1.54, 1.807) is 30.3 Å². The molecule has 25 heavy (non-hydrogen) atoms. The SMILES string of the molecule is CCOC(=O)C(O[Si](C)(C)C)(C(=O)OCc1ccccc1)C(F)(F)F. The van der Waals surface area contributed by atoms with Crippen molar-refractivity contribution in [3.8, 4) is 0 Å². The first-order chi connectivity index (χ1) is 11.4. The standard InChI is InChI=1S/C16H21F3O5Si/c1-5-22-13(20)15(16(17,18)19,24-25(2,3)4)14(21)23-11-12-9-7-6-8-10-12/h6-10H,5,11H2,1-4H3. The summed E-state index contributed by atoms with van der Waals surface area (Å²) in [6.07, 6.45) is -5.33. The maximum atomic E-state index is 13.8. The Hall–Kier alpha value is -1.87. The quantitative estimate of drug-likeness (QED) is 0.413. The lowest BCUT2D eigenvalue weighted by molar-refractivity contribution is -0.259. The van der Waals surface area contributed by atoms with E-state index < -0.39 is 38.6 Å². The van der Waals surface area contributed by atoms with Crippen LogP contribution in [0.25, 0.3) is 0 Å². The Morgan fingerprint density at radius 3 is 1.96 bits per heavy atom. The normalized spacial score (nSPS) is 14.5. The molecule has 0 aliphatic heterocycles. The summed E-state index contributed by atoms with van der Waals surface area (Å²) in [4.78, 5) is 24.4. The zero-order chi connectivity index (χ0) is 19.3. The van der Waals surface area contributed by atoms with E-state index in [1.807, 2.05) is 0 Å². The van der Waals surface area contributed by atoms with Gasteiger partial charge in [-0.3, -0.25) is 0 Å². The van der Waals surface area contributed by atoms with E-state index in [-0.39, 0.29) is 6.61 Å². The molecule has 0 heterocycles. The lowest BCUT2D eigenvalue weighted by Gasteiger charge is -2.35. The Morgan fingerprint density at radius 1 is 1.00 bits per heavy atom. The molecule has 0 saturated carbocycles. The number of rotatable bonds is 7. The summed E-state index contributed by atoms with van der Waals surface area (Å²) in [6.45, 7) is 4.86. The minimum absolute atomic E-state index is 0.336. The molecule has 0 N–H and O–H groups in total. The molecule has 0 saturated heterocycles. The third-order valence-corrected chi connectivity index (χ3v) is 3.84. The van der Waals surface area contributed by atoms with E-state index in [2.05, 4.69) is 4.74 Å². The van der Waals surface area contributed by atoms with E-state index in [0.717, 1.165) is 0 Å². The van der Waals surface area contributed by atoms with Gasteiger partial charge in [0.15, 0.2) is 8.32 Å². The lowest BCUT2D eigenvalue weighted by atomic mass is 10.0. The Morgan fingerprint density at radius 2 is 1.52 bits per heavy atom. The first kappa shape index (κ1) is 21.2. The average molecular weight is 378 g/mol. The minimum atomic E-state index is -5.33. The number of hydrogen-bond donors (Lipinski definition) is 0. The van der Waals surface area contributed by atoms with Crippen LogP contribution in [-0.4, -0.2) is 38.6 Å². The Balaban J connectivity index is 3.22. The molecule has 0 radical (unpaired) electrons. The van der Waals surface area contributed by atoms with Crippen LogP contribution in [0.4, 0.5) is 13.2 Å². The Bertz CT molecular complexity index is 598. The predicted octanol–water partition coefficient (Wildman–Crippen LogP) is 3.45. The highest BCUT2D eigenvalue weighted by Crippen LogP contribution is 2.38. The molecule has 140 valence electrons. The topological polar surface area (TPSA) is 61.8 Å². The van der Waals surface area contributed by atoms with Gasteiger partial charge in [0.25, 0.3) is 0 Å². The summed E-state index contributed by atoms with van der Waals surface area (Å²) in [5, 5.41) is 0. The highest BCUT2D eigenvalue weighted by molar-refractivity contribution is 6.70. The van der Waals surface area contributed by atoms with Crippen LogP contribution in [0.1, 0.15) is 12.5 Å². The van der Waals surface area contributed by atoms with E-state index in [9.17, 15) is 22.8 Å². The number of halogens is 3. The van der Waals surface area contributed by atoms with Gasteiger partial charge in [-0.15, -0.1) is 0 Å². The molecule has 0 aromatic heterocycles. The zero-order valence-corrected chi connectivity index (χ0v) is 15.5. The second-order valence-corrected chi connectivity index (χ2v) is 10.6. The third kappa shape index (κ3) is 5.30. The number of hydrogen-bond acceptors (Lipinski definition) is 5. The fourth-order valence-corrected chi connectivity index (χ4v) is 3.17. The van der Waals surface area contributed by atoms with Crippen LogP contribution in [0.15, 0.2) is 30.3 Å². The number of alkyl halides is 3. The number of carbonyl (C=O) groups is 2. The lowest BCUT2D eigenvalue weighted by Crippen LogP contribution is -2.64. The van der Waals surface area contributed by atoms with Crippen molar-refractivity contribution < 1.29 is 36.7 Å². The molecule has 1 rings (SSSR count). The maximum absolute atomic E-state index is 13.8. The molecule has 0 aliphatic carbocycles. The minimum Gasteiger partial charge on any atom is -0.463 e. The van der Waals surface area contributed by atoms with Crippen molar-refractivity contribution in [2.45, 2.75) is 44.9 Å². The van der Waals surface area contributed by atoms with Gasteiger partial charge in [-0.1, -0.05) is 30.3 Å². The zero-order valence-electron chi connectivity index (χ0n) is 14.5. The fourth-order valence-electron chi connectivity index (χ4n) is 1.97. The summed E-state index contributed by atoms with van der Waals surface area (Å²) in [5.74, 6) is -3.65. The molecule has 0 bridgehead atoms. The molecule has 0 aliphatic rings. The molecular weight excluding hydrogens is 357 g/mol. The highest BCUT2D eigenvalue weighted by atomic mass is 28.4. The first-order valence-corrected chi connectivity index (χ1v) is 11.0. The summed E-state index contributed by atoms with van der Waals surface area (Å²) in [7, 11) is -2.99. The van der Waals surface area contributed by atoms with Crippen molar-refractivity contribution in [2.75, 3.05) is 6.61 Å². The van der Waals surface area contributed by atoms with Crippen LogP contribution in [0.5, 0.6) is 0 Å². The van der Waals surface area contributed by atoms with Gasteiger partial charge in [0.1, 0.15) is 6.61 Å². The van der Waals surface area contributed by atoms with E-state index in [1.165, 1.54) is 26.6 Å². The predicted molar refractivity (Wildman–Crippen MR) is 86.1 cm³/mol. The van der Waals surface area contributed by atoms with E-state index >= 15 is 0 Å². The van der Waals surface area contributed by atoms with Gasteiger partial charge in [-0.25, -0.2) is 9.59 Å². The van der Waals surface area contributed by atoms with Crippen molar-refractivity contribution in [1.29, 1.82) is 0 Å². The first-order valence-electron chi connectivity index (χ1n) is 7.59. The number of ether oxygens (including phenoxy) is 2. The number of esters is 2. The van der Waals surface area contributed by atoms with Gasteiger partial charge in [-0.05, 0) is 32.1 Å². The van der Waals surface area contributed by atoms with Crippen molar-refractivity contribution in [2.24, 2.45) is 0 Å². The van der Waals surface area contributed by atoms with Crippen LogP contribution in [0, 0.1) is 0 Å². The molecule has 9 heteroatoms. The molecule has 0 amide bonds. The maximum Gasteiger partial charge on any atom is 0.438 e. The van der Waals surface area contributed by atoms with Crippen molar-refractivity contribution in [3.05, 3.63) is 35.9 Å². The molecule has 1 unspecified atom stereocenters. The van der Waals surface area contributed by atoms with Crippen LogP contribution in [0.2, 0.25) is 19.6 Å². The number of benzene rings is 1. The molecule has 1 aromatic carbocycles. The van der Waals surface area contributed by atoms with E-state index in [0.29, 0.717) is 5.56 Å². The Labute approximate surface area is 145 Å². The smallest absolute Gasteiger partial charge is 0.438 e. The van der Waals surface area contributed by atoms with E-state index in [4.69, 9.17) is 9.16 Å². The second kappa shape index (κ2) is 8.00. The van der Waals surface area contributed by atoms with Crippen molar-refractivity contribution >= 4 is 20.3 Å². The number of carbonyl (C=O) groups excluding carboxylic acids is 2. The van der Waals surface area contributed by atoms with Crippen LogP contribution >= 0.6 is 0 Å². The van der Waals surface area contributed by atoms with Gasteiger partial charge < -0.3 is 13.9 Å². The molecule has 0 spiro atoms. The second-order valence-electron chi connectivity index (χ2n) is 6.18. The molecule has 1 aromatic rings. The highest BCUT2D eigenvalue weighted by Gasteiger charge is 2.71. The van der Waals surface area contributed by atoms with Crippen molar-refractivity contribution in [1.82, 2.24) is 0 Å². The van der Waals surface area contributed by atoms with Gasteiger partial charge in [0.05, 0.1) is 6.61 Å². The van der Waals surface area contributed by atoms with Gasteiger partial charge in [0.2, 0.25) is 0 Å². The third-order valence-electron chi connectivity index (χ3n) is 2.92. The van der Waals surface area contributed by atoms with Crippen molar-refractivity contribution in [3.63, 3.8) is 0 Å². The fraction of sp³-hybridized carbons (Fsp3) is 0.500. The molecular formula is C16H21F3O5Si. The summed E-state index contributed by atoms with van der Waals surface area (Å²) in [6, 6.07) is 8.14. The largest absolute Gasteiger partial charge is 0.463 e. The van der Waals surface area contributed by atoms with Crippen LogP contribution < -0.4 is 0 Å². The van der Waals surface area contributed by atoms with Crippen LogP contribution in [-0.2, 0) is 30.1 Å². The van der Waals surface area contributed by atoms with Gasteiger partial charge in [0, 0.05) is 0 Å². The van der Waals surface area contributed by atoms with Gasteiger partial charge in [-0.2, -0.15) is 13.2 Å². The summed E-state index contributed by atoms with van der Waals surface area (Å²) >= 11 is 0. The Kier molecular flexibility index (Phi) is 6.78. The molecule has 0 fully saturated rings. The molecule has 5 nitrogen and oxygen atoms in total. The molecule has 1 atom stereocenters. The monoisotopic (exact) mass is 378 g/mol. The van der Waals surface area contributed by atoms with Gasteiger partial charge >= 0.3 is 23.7 Å². The summed E-state index contributed by atoms with van der Waals surface area (Å²) < 4.78 is 55.5. The average Bonchev–Trinajstić information content (AvgIpc) is 2.49. The van der Waals surface area contributed by atoms with Crippen LogP contribution in [0.3, 0.4) is 0 Å². The summed E-state index contributed by atoms with van der Waals surface area (Å²) in [5.41, 5.74) is -3.31.